The van der Waals surface area contributed by atoms with Crippen LogP contribution in [0, 0.1) is 6.92 Å². The molecule has 184 valence electrons. The summed E-state index contributed by atoms with van der Waals surface area (Å²) in [6.07, 6.45) is 7.98. The first kappa shape index (κ1) is 26.2. The standard InChI is InChI=1S/C31H36O4/c1-4-6-8-14-23-16-10-12-18-25(23)30(33)29-22(3)27(32)20-21-28(29)35-31(34)26-19-13-11-17-24(26)15-9-7-5-2/h10-13,16-21,32H,4-9,14-15H2,1-3H3. The van der Waals surface area contributed by atoms with Crippen molar-refractivity contribution in [2.75, 3.05) is 0 Å². The van der Waals surface area contributed by atoms with E-state index < -0.39 is 5.97 Å². The first-order chi connectivity index (χ1) is 17.0. The lowest BCUT2D eigenvalue weighted by Crippen LogP contribution is -2.15. The number of carbonyl (C=O) groups excluding carboxylic acids is 2. The zero-order chi connectivity index (χ0) is 25.2. The molecule has 4 nitrogen and oxygen atoms in total. The maximum absolute atomic E-state index is 13.8. The number of phenolic OH excluding ortho intramolecular Hbond substituents is 1. The van der Waals surface area contributed by atoms with Gasteiger partial charge >= 0.3 is 5.97 Å². The van der Waals surface area contributed by atoms with Gasteiger partial charge in [-0.15, -0.1) is 0 Å². The topological polar surface area (TPSA) is 63.6 Å². The van der Waals surface area contributed by atoms with E-state index in [0.29, 0.717) is 16.7 Å². The smallest absolute Gasteiger partial charge is 0.343 e. The van der Waals surface area contributed by atoms with Gasteiger partial charge in [-0.2, -0.15) is 0 Å². The maximum Gasteiger partial charge on any atom is 0.343 e. The van der Waals surface area contributed by atoms with Crippen molar-refractivity contribution in [2.24, 2.45) is 0 Å². The predicted octanol–water partition coefficient (Wildman–Crippen LogP) is 7.62. The lowest BCUT2D eigenvalue weighted by atomic mass is 9.92. The molecule has 0 aliphatic rings. The Labute approximate surface area is 209 Å². The number of ether oxygens (including phenoxy) is 1. The van der Waals surface area contributed by atoms with E-state index in [1.165, 1.54) is 12.1 Å². The third kappa shape index (κ3) is 6.60. The predicted molar refractivity (Wildman–Crippen MR) is 141 cm³/mol. The van der Waals surface area contributed by atoms with Crippen molar-refractivity contribution in [3.05, 3.63) is 94.0 Å². The van der Waals surface area contributed by atoms with Crippen molar-refractivity contribution < 1.29 is 19.4 Å². The fraction of sp³-hybridized carbons (Fsp3) is 0.355. The van der Waals surface area contributed by atoms with Crippen molar-refractivity contribution in [3.8, 4) is 11.5 Å². The van der Waals surface area contributed by atoms with Crippen LogP contribution in [0.4, 0.5) is 0 Å². The highest BCUT2D eigenvalue weighted by Gasteiger charge is 2.24. The van der Waals surface area contributed by atoms with Gasteiger partial charge in [-0.25, -0.2) is 4.79 Å². The van der Waals surface area contributed by atoms with Gasteiger partial charge in [0.25, 0.3) is 0 Å². The van der Waals surface area contributed by atoms with Gasteiger partial charge in [0.2, 0.25) is 0 Å². The number of esters is 1. The van der Waals surface area contributed by atoms with E-state index in [4.69, 9.17) is 4.74 Å². The molecule has 0 fully saturated rings. The second kappa shape index (κ2) is 12.9. The fourth-order valence-corrected chi connectivity index (χ4v) is 4.36. The van der Waals surface area contributed by atoms with Gasteiger partial charge in [0.15, 0.2) is 5.78 Å². The van der Waals surface area contributed by atoms with Gasteiger partial charge in [-0.1, -0.05) is 82.0 Å². The molecule has 0 saturated heterocycles. The Balaban J connectivity index is 1.95. The molecule has 0 amide bonds. The van der Waals surface area contributed by atoms with E-state index in [2.05, 4.69) is 13.8 Å². The van der Waals surface area contributed by atoms with Crippen molar-refractivity contribution in [1.82, 2.24) is 0 Å². The van der Waals surface area contributed by atoms with Gasteiger partial charge < -0.3 is 9.84 Å². The van der Waals surface area contributed by atoms with Crippen LogP contribution in [0.25, 0.3) is 0 Å². The first-order valence-electron chi connectivity index (χ1n) is 12.7. The molecule has 3 aromatic carbocycles. The van der Waals surface area contributed by atoms with Crippen molar-refractivity contribution in [3.63, 3.8) is 0 Å². The average molecular weight is 473 g/mol. The third-order valence-electron chi connectivity index (χ3n) is 6.43. The molecule has 0 aromatic heterocycles. The molecule has 0 spiro atoms. The Bertz CT molecular complexity index is 1160. The van der Waals surface area contributed by atoms with Gasteiger partial charge in [0, 0.05) is 11.1 Å². The number of hydrogen-bond donors (Lipinski definition) is 1. The molecule has 0 heterocycles. The maximum atomic E-state index is 13.8. The second-order valence-electron chi connectivity index (χ2n) is 9.03. The molecule has 0 bridgehead atoms. The molecule has 0 aliphatic heterocycles. The molecule has 0 radical (unpaired) electrons. The van der Waals surface area contributed by atoms with Gasteiger partial charge in [-0.05, 0) is 61.9 Å². The molecular weight excluding hydrogens is 436 g/mol. The number of unbranched alkanes of at least 4 members (excludes halogenated alkanes) is 4. The minimum absolute atomic E-state index is 0.00317. The van der Waals surface area contributed by atoms with Crippen LogP contribution in [0.15, 0.2) is 60.7 Å². The number of hydrogen-bond acceptors (Lipinski definition) is 4. The third-order valence-corrected chi connectivity index (χ3v) is 6.43. The molecule has 4 heteroatoms. The average Bonchev–Trinajstić information content (AvgIpc) is 2.87. The molecule has 0 atom stereocenters. The molecule has 1 N–H and O–H groups in total. The summed E-state index contributed by atoms with van der Waals surface area (Å²) in [5.74, 6) is -0.574. The van der Waals surface area contributed by atoms with Crippen LogP contribution >= 0.6 is 0 Å². The summed E-state index contributed by atoms with van der Waals surface area (Å²) in [5.41, 5.74) is 3.62. The van der Waals surface area contributed by atoms with Gasteiger partial charge in [0.05, 0.1) is 11.1 Å². The van der Waals surface area contributed by atoms with E-state index >= 15 is 0 Å². The normalized spacial score (nSPS) is 10.8. The number of benzene rings is 3. The van der Waals surface area contributed by atoms with Gasteiger partial charge in [-0.3, -0.25) is 4.79 Å². The summed E-state index contributed by atoms with van der Waals surface area (Å²) >= 11 is 0. The Morgan fingerprint density at radius 1 is 0.743 bits per heavy atom. The second-order valence-corrected chi connectivity index (χ2v) is 9.03. The Morgan fingerprint density at radius 2 is 1.29 bits per heavy atom. The number of aryl methyl sites for hydroxylation is 2. The summed E-state index contributed by atoms with van der Waals surface area (Å²) in [6.45, 7) is 5.97. The molecule has 0 aliphatic carbocycles. The van der Waals surface area contributed by atoms with Crippen LogP contribution in [0.1, 0.15) is 95.3 Å². The lowest BCUT2D eigenvalue weighted by Gasteiger charge is -2.16. The molecule has 3 aromatic rings. The fourth-order valence-electron chi connectivity index (χ4n) is 4.36. The van der Waals surface area contributed by atoms with E-state index in [0.717, 1.165) is 62.5 Å². The Hall–Kier alpha value is -3.40. The first-order valence-corrected chi connectivity index (χ1v) is 12.7. The number of phenols is 1. The van der Waals surface area contributed by atoms with E-state index in [1.807, 2.05) is 42.5 Å². The minimum Gasteiger partial charge on any atom is -0.508 e. The molecule has 0 unspecified atom stereocenters. The minimum atomic E-state index is -0.493. The van der Waals surface area contributed by atoms with Crippen LogP contribution in [0.2, 0.25) is 0 Å². The Kier molecular flexibility index (Phi) is 9.66. The highest BCUT2D eigenvalue weighted by Crippen LogP contribution is 2.33. The van der Waals surface area contributed by atoms with Crippen molar-refractivity contribution >= 4 is 11.8 Å². The summed E-state index contributed by atoms with van der Waals surface area (Å²) in [5, 5.41) is 10.4. The van der Waals surface area contributed by atoms with E-state index in [-0.39, 0.29) is 22.8 Å². The summed E-state index contributed by atoms with van der Waals surface area (Å²) < 4.78 is 5.82. The SMILES string of the molecule is CCCCCc1ccccc1C(=O)Oc1ccc(O)c(C)c1C(=O)c1ccccc1CCCCC. The highest BCUT2D eigenvalue weighted by molar-refractivity contribution is 6.13. The molecular formula is C31H36O4. The van der Waals surface area contributed by atoms with Crippen LogP contribution < -0.4 is 4.74 Å². The zero-order valence-electron chi connectivity index (χ0n) is 21.1. The highest BCUT2D eigenvalue weighted by atomic mass is 16.5. The lowest BCUT2D eigenvalue weighted by molar-refractivity contribution is 0.0731. The Morgan fingerprint density at radius 3 is 1.89 bits per heavy atom. The van der Waals surface area contributed by atoms with Crippen molar-refractivity contribution in [1.29, 1.82) is 0 Å². The summed E-state index contributed by atoms with van der Waals surface area (Å²) in [7, 11) is 0. The largest absolute Gasteiger partial charge is 0.508 e. The molecule has 35 heavy (non-hydrogen) atoms. The summed E-state index contributed by atoms with van der Waals surface area (Å²) in [4.78, 5) is 27.0. The quantitative estimate of drug-likeness (QED) is 0.127. The zero-order valence-corrected chi connectivity index (χ0v) is 21.1. The van der Waals surface area contributed by atoms with Gasteiger partial charge in [0.1, 0.15) is 11.5 Å². The summed E-state index contributed by atoms with van der Waals surface area (Å²) in [6, 6.07) is 18.0. The van der Waals surface area contributed by atoms with E-state index in [9.17, 15) is 14.7 Å². The monoisotopic (exact) mass is 472 g/mol. The van der Waals surface area contributed by atoms with Crippen molar-refractivity contribution in [2.45, 2.75) is 72.1 Å². The number of ketones is 1. The van der Waals surface area contributed by atoms with Crippen LogP contribution in [-0.4, -0.2) is 16.9 Å². The number of rotatable bonds is 12. The van der Waals surface area contributed by atoms with Crippen LogP contribution in [0.5, 0.6) is 11.5 Å². The molecule has 3 rings (SSSR count). The van der Waals surface area contributed by atoms with E-state index in [1.54, 1.807) is 13.0 Å². The van der Waals surface area contributed by atoms with Crippen LogP contribution in [0.3, 0.4) is 0 Å². The number of carbonyl (C=O) groups is 2. The molecule has 0 saturated carbocycles. The van der Waals surface area contributed by atoms with Crippen LogP contribution in [-0.2, 0) is 12.8 Å². The number of aromatic hydroxyl groups is 1.